The number of hydrogen-bond donors (Lipinski definition) is 0. The lowest BCUT2D eigenvalue weighted by Crippen LogP contribution is -2.32. The van der Waals surface area contributed by atoms with Crippen LogP contribution in [-0.2, 0) is 0 Å². The van der Waals surface area contributed by atoms with Gasteiger partial charge in [0.25, 0.3) is 0 Å². The van der Waals surface area contributed by atoms with Crippen molar-refractivity contribution >= 4 is 0 Å². The van der Waals surface area contributed by atoms with Crippen LogP contribution in [0.2, 0.25) is 0 Å². The molecule has 0 heteroatoms. The fraction of sp³-hybridized carbons (Fsp3) is 1.00. The van der Waals surface area contributed by atoms with Crippen molar-refractivity contribution < 1.29 is 0 Å². The average Bonchev–Trinajstić information content (AvgIpc) is 2.38. The first kappa shape index (κ1) is 12.1. The van der Waals surface area contributed by atoms with Crippen LogP contribution in [0.15, 0.2) is 0 Å². The SMILES string of the molecule is CC1CCCC(C2CCC3CCCCC3C2)C1. The Hall–Kier alpha value is 0. The molecule has 0 nitrogen and oxygen atoms in total. The van der Waals surface area contributed by atoms with E-state index in [1.165, 1.54) is 25.7 Å². The van der Waals surface area contributed by atoms with E-state index in [2.05, 4.69) is 6.92 Å². The summed E-state index contributed by atoms with van der Waals surface area (Å²) < 4.78 is 0. The summed E-state index contributed by atoms with van der Waals surface area (Å²) in [5.41, 5.74) is 0. The summed E-state index contributed by atoms with van der Waals surface area (Å²) >= 11 is 0. The summed E-state index contributed by atoms with van der Waals surface area (Å²) in [5, 5.41) is 0. The van der Waals surface area contributed by atoms with Crippen LogP contribution in [0.1, 0.15) is 77.6 Å². The Morgan fingerprint density at radius 2 is 1.12 bits per heavy atom. The first-order valence-corrected chi connectivity index (χ1v) is 8.33. The smallest absolute Gasteiger partial charge is 0.0383 e. The van der Waals surface area contributed by atoms with Crippen molar-refractivity contribution in [2.75, 3.05) is 0 Å². The molecule has 5 atom stereocenters. The predicted molar refractivity (Wildman–Crippen MR) is 73.9 cm³/mol. The van der Waals surface area contributed by atoms with Crippen molar-refractivity contribution in [1.29, 1.82) is 0 Å². The largest absolute Gasteiger partial charge is 0.0625 e. The Labute approximate surface area is 108 Å². The zero-order valence-electron chi connectivity index (χ0n) is 11.7. The first-order valence-electron chi connectivity index (χ1n) is 8.33. The van der Waals surface area contributed by atoms with Gasteiger partial charge in [0.15, 0.2) is 0 Å². The van der Waals surface area contributed by atoms with E-state index in [0.717, 1.165) is 29.6 Å². The van der Waals surface area contributed by atoms with Gasteiger partial charge in [0, 0.05) is 0 Å². The maximum Gasteiger partial charge on any atom is -0.0383 e. The van der Waals surface area contributed by atoms with Gasteiger partial charge >= 0.3 is 0 Å². The molecule has 3 fully saturated rings. The molecule has 17 heavy (non-hydrogen) atoms. The fourth-order valence-electron chi connectivity index (χ4n) is 5.25. The highest BCUT2D eigenvalue weighted by molar-refractivity contribution is 4.87. The van der Waals surface area contributed by atoms with Crippen molar-refractivity contribution in [1.82, 2.24) is 0 Å². The minimum Gasteiger partial charge on any atom is -0.0625 e. The number of fused-ring (bicyclic) bond motifs is 1. The standard InChI is InChI=1S/C17H30/c1-13-5-4-8-15(11-13)17-10-9-14-6-2-3-7-16(14)12-17/h13-17H,2-12H2,1H3. The normalized spacial score (nSPS) is 47.5. The molecule has 98 valence electrons. The van der Waals surface area contributed by atoms with Crippen LogP contribution < -0.4 is 0 Å². The van der Waals surface area contributed by atoms with Gasteiger partial charge in [0.2, 0.25) is 0 Å². The third kappa shape index (κ3) is 2.71. The van der Waals surface area contributed by atoms with Gasteiger partial charge < -0.3 is 0 Å². The molecule has 0 aromatic carbocycles. The molecule has 0 aliphatic heterocycles. The van der Waals surface area contributed by atoms with Gasteiger partial charge in [-0.25, -0.2) is 0 Å². The van der Waals surface area contributed by atoms with Gasteiger partial charge in [-0.2, -0.15) is 0 Å². The summed E-state index contributed by atoms with van der Waals surface area (Å²) in [7, 11) is 0. The molecule has 0 spiro atoms. The van der Waals surface area contributed by atoms with E-state index < -0.39 is 0 Å². The molecule has 0 aromatic heterocycles. The minimum atomic E-state index is 1.03. The number of hydrogen-bond acceptors (Lipinski definition) is 0. The lowest BCUT2D eigenvalue weighted by Gasteiger charge is -2.43. The molecular weight excluding hydrogens is 204 g/mol. The molecule has 0 amide bonds. The van der Waals surface area contributed by atoms with Gasteiger partial charge in [0.05, 0.1) is 0 Å². The molecule has 0 bridgehead atoms. The Morgan fingerprint density at radius 3 is 1.94 bits per heavy atom. The average molecular weight is 234 g/mol. The third-order valence-electron chi connectivity index (χ3n) is 6.22. The summed E-state index contributed by atoms with van der Waals surface area (Å²) in [6, 6.07) is 0. The number of rotatable bonds is 1. The van der Waals surface area contributed by atoms with E-state index >= 15 is 0 Å². The van der Waals surface area contributed by atoms with Gasteiger partial charge in [-0.3, -0.25) is 0 Å². The predicted octanol–water partition coefficient (Wildman–Crippen LogP) is 5.42. The van der Waals surface area contributed by atoms with E-state index in [1.807, 2.05) is 0 Å². The van der Waals surface area contributed by atoms with Crippen molar-refractivity contribution in [2.45, 2.75) is 77.6 Å². The summed E-state index contributed by atoms with van der Waals surface area (Å²) in [6.45, 7) is 2.48. The van der Waals surface area contributed by atoms with Crippen LogP contribution in [0.4, 0.5) is 0 Å². The second-order valence-electron chi connectivity index (χ2n) is 7.41. The lowest BCUT2D eigenvalue weighted by molar-refractivity contribution is 0.0771. The summed E-state index contributed by atoms with van der Waals surface area (Å²) in [4.78, 5) is 0. The van der Waals surface area contributed by atoms with Gasteiger partial charge in [0.1, 0.15) is 0 Å². The molecular formula is C17H30. The summed E-state index contributed by atoms with van der Waals surface area (Å²) in [5.74, 6) is 5.54. The van der Waals surface area contributed by atoms with Gasteiger partial charge in [-0.15, -0.1) is 0 Å². The molecule has 3 aliphatic rings. The minimum absolute atomic E-state index is 1.03. The Kier molecular flexibility index (Phi) is 3.78. The van der Waals surface area contributed by atoms with Gasteiger partial charge in [-0.1, -0.05) is 51.9 Å². The molecule has 0 N–H and O–H groups in total. The van der Waals surface area contributed by atoms with Crippen LogP contribution in [-0.4, -0.2) is 0 Å². The van der Waals surface area contributed by atoms with Crippen molar-refractivity contribution in [3.63, 3.8) is 0 Å². The molecule has 0 radical (unpaired) electrons. The molecule has 0 aromatic rings. The van der Waals surface area contributed by atoms with Gasteiger partial charge in [-0.05, 0) is 55.3 Å². The highest BCUT2D eigenvalue weighted by Gasteiger charge is 2.36. The zero-order chi connectivity index (χ0) is 11.7. The van der Waals surface area contributed by atoms with E-state index in [0.29, 0.717) is 0 Å². The van der Waals surface area contributed by atoms with E-state index in [-0.39, 0.29) is 0 Å². The maximum absolute atomic E-state index is 2.48. The van der Waals surface area contributed by atoms with Crippen LogP contribution in [0.5, 0.6) is 0 Å². The second kappa shape index (κ2) is 5.33. The summed E-state index contributed by atoms with van der Waals surface area (Å²) in [6.07, 6.45) is 17.1. The van der Waals surface area contributed by atoms with Crippen LogP contribution in [0.25, 0.3) is 0 Å². The lowest BCUT2D eigenvalue weighted by atomic mass is 9.62. The Morgan fingerprint density at radius 1 is 0.529 bits per heavy atom. The van der Waals surface area contributed by atoms with E-state index in [1.54, 1.807) is 44.9 Å². The second-order valence-corrected chi connectivity index (χ2v) is 7.41. The van der Waals surface area contributed by atoms with Crippen LogP contribution in [0, 0.1) is 29.6 Å². The van der Waals surface area contributed by atoms with Crippen LogP contribution in [0.3, 0.4) is 0 Å². The van der Waals surface area contributed by atoms with E-state index in [9.17, 15) is 0 Å². The fourth-order valence-corrected chi connectivity index (χ4v) is 5.25. The molecule has 0 heterocycles. The highest BCUT2D eigenvalue weighted by Crippen LogP contribution is 2.47. The molecule has 3 aliphatic carbocycles. The topological polar surface area (TPSA) is 0 Å². The zero-order valence-corrected chi connectivity index (χ0v) is 11.7. The monoisotopic (exact) mass is 234 g/mol. The van der Waals surface area contributed by atoms with Crippen molar-refractivity contribution in [3.05, 3.63) is 0 Å². The Balaban J connectivity index is 1.57. The molecule has 5 unspecified atom stereocenters. The van der Waals surface area contributed by atoms with Crippen molar-refractivity contribution in [3.8, 4) is 0 Å². The maximum atomic E-state index is 2.48. The first-order chi connectivity index (χ1) is 8.33. The van der Waals surface area contributed by atoms with E-state index in [4.69, 9.17) is 0 Å². The quantitative estimate of drug-likeness (QED) is 0.568. The molecule has 3 rings (SSSR count). The molecule has 3 saturated carbocycles. The van der Waals surface area contributed by atoms with Crippen molar-refractivity contribution in [2.24, 2.45) is 29.6 Å². The Bertz CT molecular complexity index is 244. The van der Waals surface area contributed by atoms with Crippen LogP contribution >= 0.6 is 0 Å². The third-order valence-corrected chi connectivity index (χ3v) is 6.22. The highest BCUT2D eigenvalue weighted by atomic mass is 14.4. The molecule has 0 saturated heterocycles.